The zero-order chi connectivity index (χ0) is 15.1. The van der Waals surface area contributed by atoms with Crippen molar-refractivity contribution in [2.24, 2.45) is 5.92 Å². The predicted molar refractivity (Wildman–Crippen MR) is 77.7 cm³/mol. The second kappa shape index (κ2) is 14.2. The van der Waals surface area contributed by atoms with Gasteiger partial charge in [0.25, 0.3) is 0 Å². The van der Waals surface area contributed by atoms with E-state index in [2.05, 4.69) is 13.8 Å². The van der Waals surface area contributed by atoms with Gasteiger partial charge in [-0.2, -0.15) is 8.42 Å². The summed E-state index contributed by atoms with van der Waals surface area (Å²) in [5.41, 5.74) is 0. The van der Waals surface area contributed by atoms with Gasteiger partial charge in [-0.05, 0) is 12.3 Å². The lowest BCUT2D eigenvalue weighted by Crippen LogP contribution is -1.95. The van der Waals surface area contributed by atoms with E-state index < -0.39 is 10.4 Å². The van der Waals surface area contributed by atoms with Gasteiger partial charge in [-0.25, -0.2) is 0 Å². The Hall–Kier alpha value is -0.170. The van der Waals surface area contributed by atoms with Gasteiger partial charge in [-0.3, -0.25) is 9.11 Å². The summed E-state index contributed by atoms with van der Waals surface area (Å²) in [4.78, 5) is 0. The summed E-state index contributed by atoms with van der Waals surface area (Å²) in [7, 11) is -4.67. The maximum absolute atomic E-state index is 8.74. The molecule has 0 rings (SSSR count). The molecule has 0 fully saturated rings. The first-order chi connectivity index (χ1) is 8.81. The quantitative estimate of drug-likeness (QED) is 0.424. The molecule has 0 saturated carbocycles. The van der Waals surface area contributed by atoms with E-state index in [0.717, 1.165) is 12.3 Å². The molecule has 6 heteroatoms. The first-order valence-electron chi connectivity index (χ1n) is 7.12. The first kappa shape index (κ1) is 21.1. The van der Waals surface area contributed by atoms with Crippen molar-refractivity contribution in [1.29, 1.82) is 0 Å². The number of aliphatic hydroxyl groups excluding tert-OH is 1. The SMILES string of the molecule is CCCCCCC(C)CCCCCO.O=S(=O)(O)O. The van der Waals surface area contributed by atoms with Crippen molar-refractivity contribution >= 4 is 10.4 Å². The fourth-order valence-corrected chi connectivity index (χ4v) is 1.85. The van der Waals surface area contributed by atoms with E-state index in [1.54, 1.807) is 0 Å². The van der Waals surface area contributed by atoms with Gasteiger partial charge in [0.15, 0.2) is 0 Å². The molecule has 5 nitrogen and oxygen atoms in total. The van der Waals surface area contributed by atoms with Crippen LogP contribution in [-0.2, 0) is 10.4 Å². The van der Waals surface area contributed by atoms with Gasteiger partial charge in [0.2, 0.25) is 0 Å². The van der Waals surface area contributed by atoms with Crippen LogP contribution < -0.4 is 0 Å². The van der Waals surface area contributed by atoms with Crippen LogP contribution in [0.25, 0.3) is 0 Å². The van der Waals surface area contributed by atoms with Crippen molar-refractivity contribution < 1.29 is 22.6 Å². The highest BCUT2D eigenvalue weighted by atomic mass is 32.3. The molecule has 0 saturated heterocycles. The normalized spacial score (nSPS) is 12.7. The van der Waals surface area contributed by atoms with Crippen molar-refractivity contribution in [3.63, 3.8) is 0 Å². The van der Waals surface area contributed by atoms with E-state index in [9.17, 15) is 0 Å². The Morgan fingerprint density at radius 3 is 1.68 bits per heavy atom. The van der Waals surface area contributed by atoms with Crippen LogP contribution in [0.3, 0.4) is 0 Å². The number of unbranched alkanes of at least 4 members (excludes halogenated alkanes) is 5. The lowest BCUT2D eigenvalue weighted by molar-refractivity contribution is 0.280. The van der Waals surface area contributed by atoms with E-state index in [-0.39, 0.29) is 0 Å². The van der Waals surface area contributed by atoms with Crippen LogP contribution in [0.2, 0.25) is 0 Å². The van der Waals surface area contributed by atoms with Gasteiger partial charge >= 0.3 is 10.4 Å². The Morgan fingerprint density at radius 1 is 0.895 bits per heavy atom. The van der Waals surface area contributed by atoms with Crippen LogP contribution >= 0.6 is 0 Å². The molecule has 1 unspecified atom stereocenters. The largest absolute Gasteiger partial charge is 0.396 e. The summed E-state index contributed by atoms with van der Waals surface area (Å²) < 4.78 is 31.6. The van der Waals surface area contributed by atoms with E-state index >= 15 is 0 Å². The van der Waals surface area contributed by atoms with Gasteiger partial charge < -0.3 is 5.11 Å². The summed E-state index contributed by atoms with van der Waals surface area (Å²) in [6, 6.07) is 0. The minimum Gasteiger partial charge on any atom is -0.396 e. The van der Waals surface area contributed by atoms with Gasteiger partial charge in [-0.1, -0.05) is 65.2 Å². The van der Waals surface area contributed by atoms with Crippen LogP contribution in [0.1, 0.15) is 71.6 Å². The van der Waals surface area contributed by atoms with Crippen molar-refractivity contribution in [3.8, 4) is 0 Å². The van der Waals surface area contributed by atoms with Gasteiger partial charge in [0, 0.05) is 6.61 Å². The molecule has 0 amide bonds. The van der Waals surface area contributed by atoms with E-state index in [1.807, 2.05) is 0 Å². The molecule has 3 N–H and O–H groups in total. The standard InChI is InChI=1S/C13H28O.H2O4S/c1-3-4-5-7-10-13(2)11-8-6-9-12-14;1-5(2,3)4/h13-14H,3-12H2,1-2H3;(H2,1,2,3,4). The third-order valence-corrected chi connectivity index (χ3v) is 2.91. The predicted octanol–water partition coefficient (Wildman–Crippen LogP) is 3.49. The highest BCUT2D eigenvalue weighted by Crippen LogP contribution is 2.16. The van der Waals surface area contributed by atoms with Crippen molar-refractivity contribution in [2.75, 3.05) is 6.61 Å². The van der Waals surface area contributed by atoms with Crippen LogP contribution in [0.5, 0.6) is 0 Å². The molecule has 0 aromatic rings. The molecule has 0 aliphatic rings. The lowest BCUT2D eigenvalue weighted by atomic mass is 9.97. The Balaban J connectivity index is 0. The Bertz CT molecular complexity index is 244. The van der Waals surface area contributed by atoms with Crippen LogP contribution in [0, 0.1) is 5.92 Å². The third kappa shape index (κ3) is 31.9. The molecule has 19 heavy (non-hydrogen) atoms. The summed E-state index contributed by atoms with van der Waals surface area (Å²) in [6.07, 6.45) is 11.8. The van der Waals surface area contributed by atoms with Crippen molar-refractivity contribution in [3.05, 3.63) is 0 Å². The molecular formula is C13H30O5S. The monoisotopic (exact) mass is 298 g/mol. The highest BCUT2D eigenvalue weighted by molar-refractivity contribution is 7.79. The fraction of sp³-hybridized carbons (Fsp3) is 1.00. The Kier molecular flexibility index (Phi) is 15.8. The maximum atomic E-state index is 8.74. The molecule has 0 aromatic carbocycles. The molecule has 0 aliphatic heterocycles. The summed E-state index contributed by atoms with van der Waals surface area (Å²) in [5.74, 6) is 0.894. The number of rotatable bonds is 10. The fourth-order valence-electron chi connectivity index (χ4n) is 1.85. The molecule has 0 radical (unpaired) electrons. The molecule has 0 spiro atoms. The van der Waals surface area contributed by atoms with Gasteiger partial charge in [0.05, 0.1) is 0 Å². The van der Waals surface area contributed by atoms with E-state index in [1.165, 1.54) is 51.4 Å². The zero-order valence-corrected chi connectivity index (χ0v) is 13.0. The molecule has 0 aliphatic carbocycles. The Morgan fingerprint density at radius 2 is 1.32 bits per heavy atom. The topological polar surface area (TPSA) is 94.8 Å². The highest BCUT2D eigenvalue weighted by Gasteiger charge is 2.01. The van der Waals surface area contributed by atoms with Crippen LogP contribution in [0.4, 0.5) is 0 Å². The number of hydrogen-bond acceptors (Lipinski definition) is 3. The molecule has 118 valence electrons. The minimum absolute atomic E-state index is 0.366. The average molecular weight is 298 g/mol. The number of aliphatic hydroxyl groups is 1. The smallest absolute Gasteiger partial charge is 0.394 e. The summed E-state index contributed by atoms with van der Waals surface area (Å²) >= 11 is 0. The molecule has 0 heterocycles. The Labute approximate surface area is 118 Å². The molecule has 0 aromatic heterocycles. The lowest BCUT2D eigenvalue weighted by Gasteiger charge is -2.10. The third-order valence-electron chi connectivity index (χ3n) is 2.91. The van der Waals surface area contributed by atoms with Crippen LogP contribution in [-0.4, -0.2) is 29.2 Å². The van der Waals surface area contributed by atoms with Gasteiger partial charge in [-0.15, -0.1) is 0 Å². The molecular weight excluding hydrogens is 268 g/mol. The van der Waals surface area contributed by atoms with Crippen LogP contribution in [0.15, 0.2) is 0 Å². The van der Waals surface area contributed by atoms with E-state index in [4.69, 9.17) is 22.6 Å². The molecule has 0 bridgehead atoms. The van der Waals surface area contributed by atoms with Gasteiger partial charge in [0.1, 0.15) is 0 Å². The average Bonchev–Trinajstić information content (AvgIpc) is 2.28. The minimum atomic E-state index is -4.67. The van der Waals surface area contributed by atoms with Crippen molar-refractivity contribution in [1.82, 2.24) is 0 Å². The maximum Gasteiger partial charge on any atom is 0.394 e. The zero-order valence-electron chi connectivity index (χ0n) is 12.2. The first-order valence-corrected chi connectivity index (χ1v) is 8.51. The van der Waals surface area contributed by atoms with Crippen molar-refractivity contribution in [2.45, 2.75) is 71.6 Å². The number of hydrogen-bond donors (Lipinski definition) is 3. The second-order valence-corrected chi connectivity index (χ2v) is 5.87. The summed E-state index contributed by atoms with van der Waals surface area (Å²) in [5, 5.41) is 8.63. The molecule has 1 atom stereocenters. The summed E-state index contributed by atoms with van der Waals surface area (Å²) in [6.45, 7) is 4.99. The van der Waals surface area contributed by atoms with E-state index in [0.29, 0.717) is 6.61 Å². The second-order valence-electron chi connectivity index (χ2n) is 4.98.